The largest absolute Gasteiger partial charge is 0.484 e. The van der Waals surface area contributed by atoms with E-state index in [0.717, 1.165) is 39.6 Å². The maximum Gasteiger partial charge on any atom is 0.261 e. The number of carbonyl (C=O) groups excluding carboxylic acids is 2. The van der Waals surface area contributed by atoms with E-state index in [1.165, 1.54) is 0 Å². The van der Waals surface area contributed by atoms with Gasteiger partial charge in [0.2, 0.25) is 5.91 Å². The third-order valence-electron chi connectivity index (χ3n) is 6.07. The molecule has 0 spiro atoms. The molecule has 0 aliphatic rings. The molecule has 0 saturated heterocycles. The normalized spacial score (nSPS) is 11.6. The van der Waals surface area contributed by atoms with Crippen LogP contribution in [0.2, 0.25) is 0 Å². The van der Waals surface area contributed by atoms with Crippen LogP contribution in [0.15, 0.2) is 77.3 Å². The Labute approximate surface area is 223 Å². The second kappa shape index (κ2) is 13.8. The molecule has 36 heavy (non-hydrogen) atoms. The lowest BCUT2D eigenvalue weighted by Gasteiger charge is -2.31. The molecule has 1 N–H and O–H groups in total. The van der Waals surface area contributed by atoms with Gasteiger partial charge >= 0.3 is 0 Å². The molecular formula is C30H35BrN2O3. The molecule has 0 bridgehead atoms. The molecule has 0 saturated carbocycles. The number of carbonyl (C=O) groups is 2. The van der Waals surface area contributed by atoms with E-state index in [0.29, 0.717) is 25.3 Å². The lowest BCUT2D eigenvalue weighted by Crippen LogP contribution is -2.51. The zero-order chi connectivity index (χ0) is 25.9. The second-order valence-corrected chi connectivity index (χ2v) is 9.81. The van der Waals surface area contributed by atoms with E-state index >= 15 is 0 Å². The molecule has 3 aromatic rings. The summed E-state index contributed by atoms with van der Waals surface area (Å²) in [5.74, 6) is 0.254. The number of hydrogen-bond donors (Lipinski definition) is 1. The van der Waals surface area contributed by atoms with E-state index in [9.17, 15) is 9.59 Å². The van der Waals surface area contributed by atoms with Crippen molar-refractivity contribution in [3.63, 3.8) is 0 Å². The van der Waals surface area contributed by atoms with E-state index in [1.54, 1.807) is 4.90 Å². The summed E-state index contributed by atoms with van der Waals surface area (Å²) in [5, 5.41) is 3.04. The average molecular weight is 552 g/mol. The third-order valence-corrected chi connectivity index (χ3v) is 7.32. The van der Waals surface area contributed by atoms with Crippen molar-refractivity contribution < 1.29 is 14.3 Å². The fourth-order valence-electron chi connectivity index (χ4n) is 4.06. The predicted molar refractivity (Wildman–Crippen MR) is 148 cm³/mol. The van der Waals surface area contributed by atoms with Crippen LogP contribution in [-0.2, 0) is 22.6 Å². The SMILES string of the molecule is CCCCNC(=O)[C@@H](Cc1ccccc1)N(Cc1ccccc1)C(=O)COc1cc(C)c(Br)c(C)c1. The zero-order valence-electron chi connectivity index (χ0n) is 21.3. The molecule has 1 atom stereocenters. The van der Waals surface area contributed by atoms with Gasteiger partial charge in [0.25, 0.3) is 5.91 Å². The van der Waals surface area contributed by atoms with Crippen LogP contribution in [0, 0.1) is 13.8 Å². The Morgan fingerprint density at radius 1 is 0.944 bits per heavy atom. The smallest absolute Gasteiger partial charge is 0.261 e. The van der Waals surface area contributed by atoms with Gasteiger partial charge < -0.3 is 15.0 Å². The van der Waals surface area contributed by atoms with Gasteiger partial charge in [-0.05, 0) is 54.7 Å². The number of hydrogen-bond acceptors (Lipinski definition) is 3. The van der Waals surface area contributed by atoms with Gasteiger partial charge in [0.15, 0.2) is 6.61 Å². The highest BCUT2D eigenvalue weighted by Gasteiger charge is 2.30. The minimum atomic E-state index is -0.658. The fourth-order valence-corrected chi connectivity index (χ4v) is 4.29. The van der Waals surface area contributed by atoms with Crippen LogP contribution >= 0.6 is 15.9 Å². The molecular weight excluding hydrogens is 516 g/mol. The number of amides is 2. The van der Waals surface area contributed by atoms with Crippen LogP contribution in [0.1, 0.15) is 42.0 Å². The first kappa shape index (κ1) is 27.5. The number of aryl methyl sites for hydroxylation is 2. The van der Waals surface area contributed by atoms with Crippen LogP contribution in [0.3, 0.4) is 0 Å². The number of halogens is 1. The maximum atomic E-state index is 13.6. The standard InChI is InChI=1S/C30H35BrN2O3/c1-4-5-16-32-30(35)27(19-24-12-8-6-9-13-24)33(20-25-14-10-7-11-15-25)28(34)21-36-26-17-22(2)29(31)23(3)18-26/h6-15,17-18,27H,4-5,16,19-21H2,1-3H3,(H,32,35)/t27-/m1/s1. The Morgan fingerprint density at radius 3 is 2.11 bits per heavy atom. The number of rotatable bonds is 12. The predicted octanol–water partition coefficient (Wildman–Crippen LogP) is 6.00. The van der Waals surface area contributed by atoms with Crippen LogP contribution in [0.25, 0.3) is 0 Å². The molecule has 6 heteroatoms. The maximum absolute atomic E-state index is 13.6. The molecule has 0 aliphatic heterocycles. The monoisotopic (exact) mass is 550 g/mol. The summed E-state index contributed by atoms with van der Waals surface area (Å²) in [6.45, 7) is 6.82. The number of nitrogens with one attached hydrogen (secondary N) is 1. The van der Waals surface area contributed by atoms with Crippen molar-refractivity contribution in [1.29, 1.82) is 0 Å². The second-order valence-electron chi connectivity index (χ2n) is 9.02. The van der Waals surface area contributed by atoms with Crippen molar-refractivity contribution in [3.8, 4) is 5.75 Å². The summed E-state index contributed by atoms with van der Waals surface area (Å²) >= 11 is 3.57. The molecule has 0 aliphatic carbocycles. The number of benzene rings is 3. The lowest BCUT2D eigenvalue weighted by molar-refractivity contribution is -0.142. The zero-order valence-corrected chi connectivity index (χ0v) is 22.9. The topological polar surface area (TPSA) is 58.6 Å². The van der Waals surface area contributed by atoms with Gasteiger partial charge in [-0.3, -0.25) is 9.59 Å². The van der Waals surface area contributed by atoms with E-state index in [2.05, 4.69) is 28.2 Å². The first-order valence-electron chi connectivity index (χ1n) is 12.4. The highest BCUT2D eigenvalue weighted by Crippen LogP contribution is 2.26. The lowest BCUT2D eigenvalue weighted by atomic mass is 10.0. The number of unbranched alkanes of at least 4 members (excludes halogenated alkanes) is 1. The van der Waals surface area contributed by atoms with Crippen LogP contribution in [0.5, 0.6) is 5.75 Å². The molecule has 0 unspecified atom stereocenters. The quantitative estimate of drug-likeness (QED) is 0.281. The Balaban J connectivity index is 1.87. The minimum Gasteiger partial charge on any atom is -0.484 e. The molecule has 0 radical (unpaired) electrons. The van der Waals surface area contributed by atoms with Gasteiger partial charge in [-0.1, -0.05) is 89.9 Å². The molecule has 3 aromatic carbocycles. The molecule has 0 aromatic heterocycles. The van der Waals surface area contributed by atoms with Gasteiger partial charge in [0, 0.05) is 24.0 Å². The molecule has 0 fully saturated rings. The Bertz CT molecular complexity index is 1110. The van der Waals surface area contributed by atoms with E-state index in [4.69, 9.17) is 4.74 Å². The summed E-state index contributed by atoms with van der Waals surface area (Å²) in [5.41, 5.74) is 4.03. The Kier molecular flexibility index (Phi) is 10.6. The third kappa shape index (κ3) is 7.95. The van der Waals surface area contributed by atoms with Gasteiger partial charge in [-0.15, -0.1) is 0 Å². The molecule has 5 nitrogen and oxygen atoms in total. The van der Waals surface area contributed by atoms with Crippen molar-refractivity contribution in [2.75, 3.05) is 13.2 Å². The first-order valence-corrected chi connectivity index (χ1v) is 13.2. The van der Waals surface area contributed by atoms with Crippen LogP contribution < -0.4 is 10.1 Å². The fraction of sp³-hybridized carbons (Fsp3) is 0.333. The van der Waals surface area contributed by atoms with Crippen molar-refractivity contribution in [3.05, 3.63) is 99.5 Å². The number of nitrogens with zero attached hydrogens (tertiary/aromatic N) is 1. The Hall–Kier alpha value is -3.12. The van der Waals surface area contributed by atoms with Crippen molar-refractivity contribution in [2.24, 2.45) is 0 Å². The summed E-state index contributed by atoms with van der Waals surface area (Å²) in [7, 11) is 0. The van der Waals surface area contributed by atoms with Gasteiger partial charge in [0.05, 0.1) is 0 Å². The van der Waals surface area contributed by atoms with Crippen molar-refractivity contribution in [2.45, 2.75) is 52.6 Å². The molecule has 190 valence electrons. The van der Waals surface area contributed by atoms with E-state index in [-0.39, 0.29) is 18.4 Å². The average Bonchev–Trinajstić information content (AvgIpc) is 2.89. The van der Waals surface area contributed by atoms with Gasteiger partial charge in [-0.2, -0.15) is 0 Å². The summed E-state index contributed by atoms with van der Waals surface area (Å²) in [6, 6.07) is 22.7. The summed E-state index contributed by atoms with van der Waals surface area (Å²) < 4.78 is 6.96. The molecule has 2 amide bonds. The highest BCUT2D eigenvalue weighted by atomic mass is 79.9. The van der Waals surface area contributed by atoms with Crippen LogP contribution in [-0.4, -0.2) is 35.9 Å². The minimum absolute atomic E-state index is 0.146. The van der Waals surface area contributed by atoms with Crippen molar-refractivity contribution in [1.82, 2.24) is 10.2 Å². The summed E-state index contributed by atoms with van der Waals surface area (Å²) in [6.07, 6.45) is 2.30. The van der Waals surface area contributed by atoms with E-state index < -0.39 is 6.04 Å². The summed E-state index contributed by atoms with van der Waals surface area (Å²) in [4.78, 5) is 28.7. The van der Waals surface area contributed by atoms with Gasteiger partial charge in [-0.25, -0.2) is 0 Å². The van der Waals surface area contributed by atoms with Crippen molar-refractivity contribution >= 4 is 27.7 Å². The van der Waals surface area contributed by atoms with E-state index in [1.807, 2.05) is 86.6 Å². The molecule has 0 heterocycles. The van der Waals surface area contributed by atoms with Crippen LogP contribution in [0.4, 0.5) is 0 Å². The van der Waals surface area contributed by atoms with Gasteiger partial charge in [0.1, 0.15) is 11.8 Å². The molecule has 3 rings (SSSR count). The highest BCUT2D eigenvalue weighted by molar-refractivity contribution is 9.10. The first-order chi connectivity index (χ1) is 17.4. The Morgan fingerprint density at radius 2 is 1.53 bits per heavy atom. The number of ether oxygens (including phenoxy) is 1.